The van der Waals surface area contributed by atoms with Gasteiger partial charge in [0.05, 0.1) is 32.3 Å². The number of esters is 7. The van der Waals surface area contributed by atoms with Crippen molar-refractivity contribution >= 4 is 66.2 Å². The average molecular weight is 1180 g/mol. The van der Waals surface area contributed by atoms with E-state index in [2.05, 4.69) is 31.3 Å². The molecule has 0 unspecified atom stereocenters. The quantitative estimate of drug-likeness (QED) is 0.0136. The van der Waals surface area contributed by atoms with Gasteiger partial charge in [-0.05, 0) is 122 Å². The summed E-state index contributed by atoms with van der Waals surface area (Å²) >= 11 is 0. The third-order valence-corrected chi connectivity index (χ3v) is 10.2. The maximum Gasteiger partial charge on any atom is 0.407 e. The van der Waals surface area contributed by atoms with Crippen LogP contribution in [0.3, 0.4) is 0 Å². The minimum Gasteiger partial charge on any atom is -0.465 e. The molecule has 468 valence electrons. The Balaban J connectivity index is 6.78. The van der Waals surface area contributed by atoms with Crippen molar-refractivity contribution in [1.82, 2.24) is 21.3 Å². The summed E-state index contributed by atoms with van der Waals surface area (Å²) in [5.41, 5.74) is -0.803. The van der Waals surface area contributed by atoms with E-state index >= 15 is 0 Å². The molecule has 0 aromatic heterocycles. The minimum absolute atomic E-state index is 0.164. The van der Waals surface area contributed by atoms with Crippen LogP contribution in [0.4, 0.5) is 19.2 Å². The second-order valence-electron chi connectivity index (χ2n) is 23.7. The number of alkyl carbamates (subject to hydrolysis) is 4. The van der Waals surface area contributed by atoms with Crippen molar-refractivity contribution in [2.75, 3.05) is 79.0 Å². The van der Waals surface area contributed by atoms with Gasteiger partial charge >= 0.3 is 66.2 Å². The lowest BCUT2D eigenvalue weighted by atomic mass is 9.90. The number of nitrogens with one attached hydrogen (secondary N) is 4. The van der Waals surface area contributed by atoms with E-state index in [1.807, 2.05) is 0 Å². The standard InChI is InChI=1S/C53H89N7O22/c1-47(2,3)79-43(68)55-25-20-36(61)73-30-51(13,31-74-37(62)21-26-56-44(69)80-48(4,5)6)41(66)77-34-53(15,40(65)72-29-19-17-16-18-24-59-60-54)35-78-42(67)52(14,32-75-38(63)22-27-57-45(70)81-49(7,8)9)33-76-39(64)23-28-58-46(71)82-50(10,11)12/h16-35H2,1-15H3,(H,55,68)(H,56,69)(H,57,70)(H,58,71). The van der Waals surface area contributed by atoms with Crippen LogP contribution >= 0.6 is 0 Å². The van der Waals surface area contributed by atoms with Crippen molar-refractivity contribution in [3.63, 3.8) is 0 Å². The van der Waals surface area contributed by atoms with Gasteiger partial charge in [-0.15, -0.1) is 0 Å². The highest BCUT2D eigenvalue weighted by molar-refractivity contribution is 5.82. The first-order valence-corrected chi connectivity index (χ1v) is 26.7. The van der Waals surface area contributed by atoms with Crippen LogP contribution in [-0.4, -0.2) is 168 Å². The first-order valence-electron chi connectivity index (χ1n) is 26.7. The van der Waals surface area contributed by atoms with Crippen LogP contribution in [0, 0.1) is 16.2 Å². The summed E-state index contributed by atoms with van der Waals surface area (Å²) in [4.78, 5) is 145. The molecule has 0 bridgehead atoms. The number of hydrogen-bond acceptors (Lipinski definition) is 23. The number of rotatable bonds is 34. The topological polar surface area (TPSA) is 386 Å². The first kappa shape index (κ1) is 74.7. The fourth-order valence-corrected chi connectivity index (χ4v) is 5.87. The Morgan fingerprint density at radius 2 is 0.598 bits per heavy atom. The summed E-state index contributed by atoms with van der Waals surface area (Å²) in [6, 6.07) is 0. The zero-order chi connectivity index (χ0) is 63.0. The number of nitrogens with zero attached hydrogens (tertiary/aromatic N) is 3. The van der Waals surface area contributed by atoms with Crippen LogP contribution in [0.2, 0.25) is 0 Å². The molecule has 0 saturated carbocycles. The molecule has 0 fully saturated rings. The van der Waals surface area contributed by atoms with Gasteiger partial charge in [0.1, 0.15) is 78.3 Å². The average Bonchev–Trinajstić information content (AvgIpc) is 3.35. The van der Waals surface area contributed by atoms with Crippen molar-refractivity contribution in [3.05, 3.63) is 10.4 Å². The molecule has 0 rings (SSSR count). The fraction of sp³-hybridized carbons (Fsp3) is 0.792. The van der Waals surface area contributed by atoms with Crippen molar-refractivity contribution in [2.24, 2.45) is 21.4 Å². The van der Waals surface area contributed by atoms with E-state index < -0.39 is 170 Å². The molecule has 0 atom stereocenters. The summed E-state index contributed by atoms with van der Waals surface area (Å²) in [6.07, 6.45) is -2.74. The second-order valence-corrected chi connectivity index (χ2v) is 23.7. The smallest absolute Gasteiger partial charge is 0.407 e. The van der Waals surface area contributed by atoms with Crippen LogP contribution in [0.1, 0.15) is 155 Å². The summed E-state index contributed by atoms with van der Waals surface area (Å²) in [7, 11) is 0. The number of unbranched alkanes of at least 4 members (excludes halogenated alkanes) is 3. The second kappa shape index (κ2) is 35.5. The SMILES string of the molecule is CC(C)(C)OC(=O)NCCC(=O)OCC(C)(COC(=O)CCNC(=O)OC(C)(C)C)C(=O)OCC(C)(COC(=O)C(C)(COC(=O)CCNC(=O)OC(C)(C)C)COC(=O)CCNC(=O)OC(C)(C)C)C(=O)OCCCCCCN=[N+]=[N-]. The monoisotopic (exact) mass is 1180 g/mol. The highest BCUT2D eigenvalue weighted by Gasteiger charge is 2.46. The highest BCUT2D eigenvalue weighted by Crippen LogP contribution is 2.28. The van der Waals surface area contributed by atoms with Gasteiger partial charge in [-0.1, -0.05) is 18.0 Å². The molecule has 0 aliphatic rings. The van der Waals surface area contributed by atoms with Gasteiger partial charge in [-0.25, -0.2) is 19.2 Å². The lowest BCUT2D eigenvalue weighted by molar-refractivity contribution is -0.181. The van der Waals surface area contributed by atoms with Gasteiger partial charge in [0.15, 0.2) is 0 Å². The Morgan fingerprint density at radius 1 is 0.354 bits per heavy atom. The van der Waals surface area contributed by atoms with E-state index in [-0.39, 0.29) is 39.3 Å². The Morgan fingerprint density at radius 3 is 0.854 bits per heavy atom. The zero-order valence-corrected chi connectivity index (χ0v) is 50.5. The predicted octanol–water partition coefficient (Wildman–Crippen LogP) is 6.34. The molecular weight excluding hydrogens is 1090 g/mol. The first-order chi connectivity index (χ1) is 37.7. The normalized spacial score (nSPS) is 11.9. The molecule has 0 aromatic carbocycles. The van der Waals surface area contributed by atoms with E-state index in [9.17, 15) is 52.7 Å². The number of amides is 4. The third kappa shape index (κ3) is 36.8. The van der Waals surface area contributed by atoms with Gasteiger partial charge in [0, 0.05) is 37.6 Å². The van der Waals surface area contributed by atoms with Crippen LogP contribution < -0.4 is 21.3 Å². The number of azide groups is 1. The predicted molar refractivity (Wildman–Crippen MR) is 289 cm³/mol. The largest absolute Gasteiger partial charge is 0.465 e. The third-order valence-electron chi connectivity index (χ3n) is 10.2. The van der Waals surface area contributed by atoms with Crippen molar-refractivity contribution in [2.45, 2.75) is 178 Å². The molecule has 0 aromatic rings. The zero-order valence-electron chi connectivity index (χ0n) is 50.5. The molecule has 0 heterocycles. The molecule has 0 radical (unpaired) electrons. The van der Waals surface area contributed by atoms with Gasteiger partial charge in [0.2, 0.25) is 0 Å². The van der Waals surface area contributed by atoms with Gasteiger partial charge in [0.25, 0.3) is 0 Å². The number of carbonyl (C=O) groups excluding carboxylic acids is 11. The fourth-order valence-electron chi connectivity index (χ4n) is 5.87. The van der Waals surface area contributed by atoms with Crippen LogP contribution in [0.5, 0.6) is 0 Å². The number of hydrogen-bond donors (Lipinski definition) is 4. The maximum absolute atomic E-state index is 14.2. The molecule has 0 saturated heterocycles. The molecule has 29 heteroatoms. The summed E-state index contributed by atoms with van der Waals surface area (Å²) in [5, 5.41) is 13.1. The van der Waals surface area contributed by atoms with Crippen molar-refractivity contribution in [1.29, 1.82) is 0 Å². The van der Waals surface area contributed by atoms with E-state index in [1.54, 1.807) is 83.1 Å². The molecular formula is C53H89N7O22. The van der Waals surface area contributed by atoms with E-state index in [0.29, 0.717) is 25.7 Å². The molecule has 4 N–H and O–H groups in total. The molecule has 29 nitrogen and oxygen atoms in total. The Kier molecular flexibility index (Phi) is 32.3. The maximum atomic E-state index is 14.2. The van der Waals surface area contributed by atoms with E-state index in [1.165, 1.54) is 20.8 Å². The minimum atomic E-state index is -2.04. The summed E-state index contributed by atoms with van der Waals surface area (Å²) in [6.45, 7) is 17.7. The number of carbonyl (C=O) groups is 11. The molecule has 0 spiro atoms. The lowest BCUT2D eigenvalue weighted by Crippen LogP contribution is -2.47. The Labute approximate surface area is 479 Å². The number of ether oxygens (including phenoxy) is 11. The van der Waals surface area contributed by atoms with E-state index in [4.69, 9.17) is 57.6 Å². The van der Waals surface area contributed by atoms with Crippen LogP contribution in [-0.2, 0) is 85.7 Å². The van der Waals surface area contributed by atoms with Gasteiger partial charge in [-0.3, -0.25) is 33.6 Å². The Bertz CT molecular complexity index is 1960. The van der Waals surface area contributed by atoms with Crippen molar-refractivity contribution in [3.8, 4) is 0 Å². The Hall–Kier alpha value is -7.32. The molecule has 0 aliphatic heterocycles. The van der Waals surface area contributed by atoms with Crippen molar-refractivity contribution < 1.29 is 105 Å². The molecule has 82 heavy (non-hydrogen) atoms. The lowest BCUT2D eigenvalue weighted by Gasteiger charge is -2.32. The van der Waals surface area contributed by atoms with Gasteiger partial charge < -0.3 is 73.4 Å². The summed E-state index contributed by atoms with van der Waals surface area (Å²) < 4.78 is 59.1. The van der Waals surface area contributed by atoms with E-state index in [0.717, 1.165) is 0 Å². The molecule has 0 aliphatic carbocycles. The van der Waals surface area contributed by atoms with Gasteiger partial charge in [-0.2, -0.15) is 0 Å². The highest BCUT2D eigenvalue weighted by atomic mass is 16.6. The van der Waals surface area contributed by atoms with Crippen LogP contribution in [0.25, 0.3) is 10.4 Å². The van der Waals surface area contributed by atoms with Crippen LogP contribution in [0.15, 0.2) is 5.11 Å². The summed E-state index contributed by atoms with van der Waals surface area (Å²) in [5.74, 6) is -7.05. The molecule has 4 amide bonds.